The molecule has 9 heteroatoms. The quantitative estimate of drug-likeness (QED) is 0.803. The topological polar surface area (TPSA) is 50.8 Å². The molecule has 1 aromatic carbocycles. The molecule has 1 aromatic rings. The SMILES string of the molecule is COCC1(C(=O)N(C)Cc2cccc(OC(F)(F)F)c2)CCNCC1.Cl. The molecule has 0 spiro atoms. The summed E-state index contributed by atoms with van der Waals surface area (Å²) in [5, 5.41) is 3.22. The van der Waals surface area contributed by atoms with E-state index < -0.39 is 11.8 Å². The minimum atomic E-state index is -4.74. The molecule has 1 heterocycles. The Morgan fingerprint density at radius 3 is 2.54 bits per heavy atom. The average Bonchev–Trinajstić information content (AvgIpc) is 2.54. The number of carbonyl (C=O) groups is 1. The Morgan fingerprint density at radius 1 is 1.31 bits per heavy atom. The van der Waals surface area contributed by atoms with Gasteiger partial charge in [0.05, 0.1) is 12.0 Å². The fourth-order valence-corrected chi connectivity index (χ4v) is 3.19. The first-order chi connectivity index (χ1) is 11.8. The Bertz CT molecular complexity index is 587. The maximum Gasteiger partial charge on any atom is 0.573 e. The molecule has 1 aliphatic rings. The Kier molecular flexibility index (Phi) is 8.17. The van der Waals surface area contributed by atoms with Crippen LogP contribution < -0.4 is 10.1 Å². The zero-order chi connectivity index (χ0) is 18.5. The molecule has 0 aromatic heterocycles. The lowest BCUT2D eigenvalue weighted by Crippen LogP contribution is -2.50. The van der Waals surface area contributed by atoms with E-state index in [2.05, 4.69) is 10.1 Å². The third-order valence-electron chi connectivity index (χ3n) is 4.33. The molecule has 1 N–H and O–H groups in total. The van der Waals surface area contributed by atoms with Crippen molar-refractivity contribution in [1.29, 1.82) is 0 Å². The van der Waals surface area contributed by atoms with Gasteiger partial charge in [-0.15, -0.1) is 25.6 Å². The van der Waals surface area contributed by atoms with Crippen LogP contribution in [-0.4, -0.2) is 51.0 Å². The second kappa shape index (κ2) is 9.43. The lowest BCUT2D eigenvalue weighted by atomic mass is 9.78. The van der Waals surface area contributed by atoms with Crippen LogP contribution >= 0.6 is 12.4 Å². The average molecular weight is 397 g/mol. The van der Waals surface area contributed by atoms with E-state index in [1.165, 1.54) is 23.1 Å². The molecule has 0 atom stereocenters. The van der Waals surface area contributed by atoms with Crippen LogP contribution in [-0.2, 0) is 16.1 Å². The van der Waals surface area contributed by atoms with Crippen LogP contribution in [0.5, 0.6) is 5.75 Å². The molecule has 0 saturated carbocycles. The van der Waals surface area contributed by atoms with Crippen molar-refractivity contribution >= 4 is 18.3 Å². The van der Waals surface area contributed by atoms with E-state index in [0.29, 0.717) is 25.0 Å². The number of piperidine rings is 1. The summed E-state index contributed by atoms with van der Waals surface area (Å²) in [7, 11) is 3.22. The molecule has 148 valence electrons. The summed E-state index contributed by atoms with van der Waals surface area (Å²) in [6, 6.07) is 5.67. The van der Waals surface area contributed by atoms with Gasteiger partial charge in [-0.25, -0.2) is 0 Å². The largest absolute Gasteiger partial charge is 0.573 e. The van der Waals surface area contributed by atoms with Crippen molar-refractivity contribution in [3.63, 3.8) is 0 Å². The predicted molar refractivity (Wildman–Crippen MR) is 93.3 cm³/mol. The van der Waals surface area contributed by atoms with Gasteiger partial charge in [-0.2, -0.15) is 0 Å². The normalized spacial score (nSPS) is 16.5. The van der Waals surface area contributed by atoms with E-state index in [9.17, 15) is 18.0 Å². The third kappa shape index (κ3) is 6.03. The molecular weight excluding hydrogens is 373 g/mol. The number of rotatable bonds is 6. The van der Waals surface area contributed by atoms with Crippen LogP contribution in [0.2, 0.25) is 0 Å². The highest BCUT2D eigenvalue weighted by Crippen LogP contribution is 2.32. The number of amides is 1. The zero-order valence-electron chi connectivity index (χ0n) is 14.8. The van der Waals surface area contributed by atoms with Gasteiger partial charge in [-0.3, -0.25) is 4.79 Å². The molecule has 26 heavy (non-hydrogen) atoms. The van der Waals surface area contributed by atoms with E-state index >= 15 is 0 Å². The van der Waals surface area contributed by atoms with Crippen LogP contribution in [0.1, 0.15) is 18.4 Å². The van der Waals surface area contributed by atoms with E-state index in [1.54, 1.807) is 20.2 Å². The number of methoxy groups -OCH3 is 1. The lowest BCUT2D eigenvalue weighted by molar-refractivity contribution is -0.274. The Hall–Kier alpha value is -1.51. The van der Waals surface area contributed by atoms with Crippen molar-refractivity contribution in [1.82, 2.24) is 10.2 Å². The molecular formula is C17H24ClF3N2O3. The molecule has 1 fully saturated rings. The summed E-state index contributed by atoms with van der Waals surface area (Å²) in [6.45, 7) is 2.00. The number of ether oxygens (including phenoxy) is 2. The number of benzene rings is 1. The number of hydrogen-bond acceptors (Lipinski definition) is 4. The predicted octanol–water partition coefficient (Wildman–Crippen LogP) is 2.98. The van der Waals surface area contributed by atoms with Gasteiger partial charge in [0.25, 0.3) is 0 Å². The van der Waals surface area contributed by atoms with Gasteiger partial charge in [0.2, 0.25) is 5.91 Å². The first kappa shape index (κ1) is 22.5. The standard InChI is InChI=1S/C17H23F3N2O3.ClH/c1-22(15(23)16(12-24-2)6-8-21-9-7-16)11-13-4-3-5-14(10-13)25-17(18,19)20;/h3-5,10,21H,6-9,11-12H2,1-2H3;1H. The summed E-state index contributed by atoms with van der Waals surface area (Å²) in [4.78, 5) is 14.5. The maximum absolute atomic E-state index is 12.9. The highest BCUT2D eigenvalue weighted by molar-refractivity contribution is 5.85. The first-order valence-electron chi connectivity index (χ1n) is 8.06. The Balaban J connectivity index is 0.00000338. The van der Waals surface area contributed by atoms with Crippen LogP contribution in [0.25, 0.3) is 0 Å². The molecule has 1 saturated heterocycles. The Morgan fingerprint density at radius 2 is 1.96 bits per heavy atom. The van der Waals surface area contributed by atoms with Crippen LogP contribution in [0.4, 0.5) is 13.2 Å². The number of alkyl halides is 3. The molecule has 0 radical (unpaired) electrons. The third-order valence-corrected chi connectivity index (χ3v) is 4.33. The van der Waals surface area contributed by atoms with Crippen molar-refractivity contribution in [2.45, 2.75) is 25.7 Å². The van der Waals surface area contributed by atoms with Gasteiger partial charge in [0.15, 0.2) is 0 Å². The molecule has 2 rings (SSSR count). The number of hydrogen-bond donors (Lipinski definition) is 1. The minimum absolute atomic E-state index is 0. The smallest absolute Gasteiger partial charge is 0.406 e. The van der Waals surface area contributed by atoms with Crippen molar-refractivity contribution in [2.24, 2.45) is 5.41 Å². The monoisotopic (exact) mass is 396 g/mol. The number of nitrogens with zero attached hydrogens (tertiary/aromatic N) is 1. The molecule has 0 bridgehead atoms. The fourth-order valence-electron chi connectivity index (χ4n) is 3.19. The van der Waals surface area contributed by atoms with E-state index in [4.69, 9.17) is 4.74 Å². The van der Waals surface area contributed by atoms with Crippen LogP contribution in [0.15, 0.2) is 24.3 Å². The van der Waals surface area contributed by atoms with Crippen molar-refractivity contribution < 1.29 is 27.4 Å². The Labute approximate surface area is 157 Å². The van der Waals surface area contributed by atoms with Gasteiger partial charge >= 0.3 is 6.36 Å². The van der Waals surface area contributed by atoms with Crippen molar-refractivity contribution in [3.05, 3.63) is 29.8 Å². The number of carbonyl (C=O) groups excluding carboxylic acids is 1. The lowest BCUT2D eigenvalue weighted by Gasteiger charge is -2.38. The van der Waals surface area contributed by atoms with E-state index in [0.717, 1.165) is 13.1 Å². The molecule has 1 aliphatic heterocycles. The van der Waals surface area contributed by atoms with Crippen LogP contribution in [0.3, 0.4) is 0 Å². The minimum Gasteiger partial charge on any atom is -0.406 e. The highest BCUT2D eigenvalue weighted by Gasteiger charge is 2.41. The second-order valence-electron chi connectivity index (χ2n) is 6.32. The number of nitrogens with one attached hydrogen (secondary N) is 1. The van der Waals surface area contributed by atoms with Crippen molar-refractivity contribution in [2.75, 3.05) is 33.9 Å². The van der Waals surface area contributed by atoms with Gasteiger partial charge in [0.1, 0.15) is 5.75 Å². The summed E-state index contributed by atoms with van der Waals surface area (Å²) >= 11 is 0. The van der Waals surface area contributed by atoms with Gasteiger partial charge in [0, 0.05) is 20.7 Å². The summed E-state index contributed by atoms with van der Waals surface area (Å²) in [6.07, 6.45) is -3.40. The van der Waals surface area contributed by atoms with Crippen LogP contribution in [0, 0.1) is 5.41 Å². The molecule has 0 aliphatic carbocycles. The molecule has 1 amide bonds. The molecule has 5 nitrogen and oxygen atoms in total. The highest BCUT2D eigenvalue weighted by atomic mass is 35.5. The van der Waals surface area contributed by atoms with E-state index in [-0.39, 0.29) is 30.6 Å². The molecule has 0 unspecified atom stereocenters. The van der Waals surface area contributed by atoms with Crippen molar-refractivity contribution in [3.8, 4) is 5.75 Å². The number of halogens is 4. The maximum atomic E-state index is 12.9. The first-order valence-corrected chi connectivity index (χ1v) is 8.06. The van der Waals surface area contributed by atoms with Gasteiger partial charge in [-0.05, 0) is 43.6 Å². The summed E-state index contributed by atoms with van der Waals surface area (Å²) < 4.78 is 46.2. The fraction of sp³-hybridized carbons (Fsp3) is 0.588. The second-order valence-corrected chi connectivity index (χ2v) is 6.32. The van der Waals surface area contributed by atoms with E-state index in [1.807, 2.05) is 0 Å². The summed E-state index contributed by atoms with van der Waals surface area (Å²) in [5.74, 6) is -0.350. The van der Waals surface area contributed by atoms with Gasteiger partial charge in [-0.1, -0.05) is 12.1 Å². The zero-order valence-corrected chi connectivity index (χ0v) is 15.6. The summed E-state index contributed by atoms with van der Waals surface area (Å²) in [5.41, 5.74) is -0.0199. The van der Waals surface area contributed by atoms with Gasteiger partial charge < -0.3 is 19.7 Å².